The lowest BCUT2D eigenvalue weighted by atomic mass is 10.0. The topological polar surface area (TPSA) is 84.5 Å². The van der Waals surface area contributed by atoms with Gasteiger partial charge in [-0.2, -0.15) is 0 Å². The van der Waals surface area contributed by atoms with Gasteiger partial charge in [0.05, 0.1) is 17.4 Å². The zero-order valence-corrected chi connectivity index (χ0v) is 10.4. The highest BCUT2D eigenvalue weighted by Gasteiger charge is 2.33. The summed E-state index contributed by atoms with van der Waals surface area (Å²) in [5.41, 5.74) is -0.269. The first-order valence-corrected chi connectivity index (χ1v) is 7.15. The average Bonchev–Trinajstić information content (AvgIpc) is 2.52. The Hall–Kier alpha value is -0.920. The van der Waals surface area contributed by atoms with Crippen molar-refractivity contribution in [2.45, 2.75) is 18.6 Å². The standard InChI is InChI=1S/C10H16N2O4S/c1-10(6-11-7-10)16-4-9(13)12-8-2-3-17(14,15)5-8/h2-3,8,11H,4-7H2,1H3,(H,12,13). The molecular weight excluding hydrogens is 244 g/mol. The fourth-order valence-electron chi connectivity index (χ4n) is 1.73. The Morgan fingerprint density at radius 3 is 2.76 bits per heavy atom. The van der Waals surface area contributed by atoms with E-state index in [2.05, 4.69) is 10.6 Å². The second-order valence-corrected chi connectivity index (χ2v) is 6.61. The van der Waals surface area contributed by atoms with Gasteiger partial charge in [0.25, 0.3) is 0 Å². The maximum Gasteiger partial charge on any atom is 0.246 e. The molecule has 1 saturated heterocycles. The molecule has 17 heavy (non-hydrogen) atoms. The summed E-state index contributed by atoms with van der Waals surface area (Å²) in [7, 11) is -3.12. The van der Waals surface area contributed by atoms with E-state index in [9.17, 15) is 13.2 Å². The van der Waals surface area contributed by atoms with Gasteiger partial charge in [-0.1, -0.05) is 0 Å². The van der Waals surface area contributed by atoms with Crippen molar-refractivity contribution in [3.63, 3.8) is 0 Å². The minimum atomic E-state index is -3.12. The molecule has 1 unspecified atom stereocenters. The fourth-order valence-corrected chi connectivity index (χ4v) is 2.97. The maximum atomic E-state index is 11.5. The van der Waals surface area contributed by atoms with Crippen molar-refractivity contribution in [3.8, 4) is 0 Å². The summed E-state index contributed by atoms with van der Waals surface area (Å²) in [5, 5.41) is 6.80. The van der Waals surface area contributed by atoms with Crippen molar-refractivity contribution < 1.29 is 17.9 Å². The number of carbonyl (C=O) groups is 1. The third-order valence-corrected chi connectivity index (χ3v) is 4.22. The zero-order chi connectivity index (χ0) is 12.5. The molecule has 0 aromatic carbocycles. The zero-order valence-electron chi connectivity index (χ0n) is 9.60. The second kappa shape index (κ2) is 4.40. The van der Waals surface area contributed by atoms with E-state index >= 15 is 0 Å². The maximum absolute atomic E-state index is 11.5. The Balaban J connectivity index is 1.73. The average molecular weight is 260 g/mol. The summed E-state index contributed by atoms with van der Waals surface area (Å²) in [6.07, 6.45) is 1.49. The van der Waals surface area contributed by atoms with Gasteiger partial charge in [-0.25, -0.2) is 8.42 Å². The van der Waals surface area contributed by atoms with Crippen LogP contribution < -0.4 is 10.6 Å². The van der Waals surface area contributed by atoms with Gasteiger partial charge in [0, 0.05) is 18.5 Å². The number of rotatable bonds is 4. The van der Waals surface area contributed by atoms with Crippen LogP contribution in [0.25, 0.3) is 0 Å². The van der Waals surface area contributed by atoms with E-state index in [1.165, 1.54) is 6.08 Å². The van der Waals surface area contributed by atoms with Crippen LogP contribution in [0.3, 0.4) is 0 Å². The molecule has 7 heteroatoms. The number of carbonyl (C=O) groups excluding carboxylic acids is 1. The summed E-state index contributed by atoms with van der Waals surface area (Å²) >= 11 is 0. The molecule has 2 heterocycles. The number of sulfone groups is 1. The number of amides is 1. The predicted molar refractivity (Wildman–Crippen MR) is 62.1 cm³/mol. The summed E-state index contributed by atoms with van der Waals surface area (Å²) in [6.45, 7) is 3.36. The first kappa shape index (κ1) is 12.5. The van der Waals surface area contributed by atoms with E-state index in [1.54, 1.807) is 0 Å². The Bertz CT molecular complexity index is 439. The lowest BCUT2D eigenvalue weighted by Gasteiger charge is -2.38. The summed E-state index contributed by atoms with van der Waals surface area (Å²) in [4.78, 5) is 11.5. The van der Waals surface area contributed by atoms with E-state index in [0.29, 0.717) is 0 Å². The fraction of sp³-hybridized carbons (Fsp3) is 0.700. The molecule has 0 aromatic rings. The van der Waals surface area contributed by atoms with Gasteiger partial charge < -0.3 is 15.4 Å². The van der Waals surface area contributed by atoms with Gasteiger partial charge in [0.15, 0.2) is 9.84 Å². The third-order valence-electron chi connectivity index (χ3n) is 2.83. The van der Waals surface area contributed by atoms with Crippen LogP contribution >= 0.6 is 0 Å². The van der Waals surface area contributed by atoms with E-state index in [1.807, 2.05) is 6.92 Å². The minimum absolute atomic E-state index is 0.0391. The van der Waals surface area contributed by atoms with Crippen LogP contribution in [0.4, 0.5) is 0 Å². The Morgan fingerprint density at radius 1 is 1.59 bits per heavy atom. The first-order valence-electron chi connectivity index (χ1n) is 5.44. The normalized spacial score (nSPS) is 28.6. The van der Waals surface area contributed by atoms with Crippen molar-refractivity contribution in [2.24, 2.45) is 0 Å². The molecule has 0 bridgehead atoms. The largest absolute Gasteiger partial charge is 0.363 e. The molecule has 0 saturated carbocycles. The van der Waals surface area contributed by atoms with Gasteiger partial charge in [-0.3, -0.25) is 4.79 Å². The molecule has 0 aromatic heterocycles. The second-order valence-electron chi connectivity index (χ2n) is 4.67. The van der Waals surface area contributed by atoms with Crippen molar-refractivity contribution >= 4 is 15.7 Å². The summed E-state index contributed by atoms with van der Waals surface area (Å²) < 4.78 is 27.7. The third kappa shape index (κ3) is 3.27. The van der Waals surface area contributed by atoms with Crippen LogP contribution in [0.15, 0.2) is 11.5 Å². The molecule has 2 N–H and O–H groups in total. The van der Waals surface area contributed by atoms with Crippen molar-refractivity contribution in [2.75, 3.05) is 25.4 Å². The monoisotopic (exact) mass is 260 g/mol. The first-order chi connectivity index (χ1) is 7.89. The Kier molecular flexibility index (Phi) is 3.24. The van der Waals surface area contributed by atoms with Crippen LogP contribution in [0.2, 0.25) is 0 Å². The lowest BCUT2D eigenvalue weighted by Crippen LogP contribution is -2.59. The highest BCUT2D eigenvalue weighted by Crippen LogP contribution is 2.14. The number of ether oxygens (including phenoxy) is 1. The van der Waals surface area contributed by atoms with E-state index in [4.69, 9.17) is 4.74 Å². The van der Waals surface area contributed by atoms with Gasteiger partial charge >= 0.3 is 0 Å². The van der Waals surface area contributed by atoms with Crippen LogP contribution in [0.1, 0.15) is 6.92 Å². The van der Waals surface area contributed by atoms with Crippen LogP contribution in [-0.2, 0) is 19.4 Å². The molecule has 6 nitrogen and oxygen atoms in total. The van der Waals surface area contributed by atoms with Crippen LogP contribution in [0, 0.1) is 0 Å². The van der Waals surface area contributed by atoms with Crippen LogP contribution in [-0.4, -0.2) is 51.4 Å². The van der Waals surface area contributed by atoms with Crippen molar-refractivity contribution in [1.29, 1.82) is 0 Å². The molecule has 1 amide bonds. The summed E-state index contributed by atoms with van der Waals surface area (Å²) in [6, 6.07) is -0.427. The van der Waals surface area contributed by atoms with Gasteiger partial charge in [-0.15, -0.1) is 0 Å². The van der Waals surface area contributed by atoms with Gasteiger partial charge in [-0.05, 0) is 13.0 Å². The number of hydrogen-bond donors (Lipinski definition) is 2. The molecule has 0 spiro atoms. The molecule has 0 radical (unpaired) electrons. The Morgan fingerprint density at radius 2 is 2.29 bits per heavy atom. The molecule has 2 aliphatic rings. The SMILES string of the molecule is CC1(OCC(=O)NC2C=CS(=O)(=O)C2)CNC1. The van der Waals surface area contributed by atoms with E-state index < -0.39 is 15.9 Å². The molecule has 1 fully saturated rings. The van der Waals surface area contributed by atoms with Gasteiger partial charge in [0.2, 0.25) is 5.91 Å². The van der Waals surface area contributed by atoms with E-state index in [-0.39, 0.29) is 23.9 Å². The van der Waals surface area contributed by atoms with Crippen molar-refractivity contribution in [1.82, 2.24) is 10.6 Å². The molecule has 0 aliphatic carbocycles. The molecule has 2 aliphatic heterocycles. The smallest absolute Gasteiger partial charge is 0.246 e. The molecule has 1 atom stereocenters. The molecular formula is C10H16N2O4S. The molecule has 96 valence electrons. The lowest BCUT2D eigenvalue weighted by molar-refractivity contribution is -0.136. The van der Waals surface area contributed by atoms with E-state index in [0.717, 1.165) is 18.5 Å². The molecule has 2 rings (SSSR count). The highest BCUT2D eigenvalue weighted by molar-refractivity contribution is 7.94. The number of nitrogens with one attached hydrogen (secondary N) is 2. The minimum Gasteiger partial charge on any atom is -0.363 e. The Labute approximate surface area is 100 Å². The number of hydrogen-bond acceptors (Lipinski definition) is 5. The predicted octanol–water partition coefficient (Wildman–Crippen LogP) is -1.21. The van der Waals surface area contributed by atoms with Gasteiger partial charge in [0.1, 0.15) is 6.61 Å². The quantitative estimate of drug-likeness (QED) is 0.663. The van der Waals surface area contributed by atoms with Crippen molar-refractivity contribution in [3.05, 3.63) is 11.5 Å². The highest BCUT2D eigenvalue weighted by atomic mass is 32.2. The summed E-state index contributed by atoms with van der Waals surface area (Å²) in [5.74, 6) is -0.345. The van der Waals surface area contributed by atoms with Crippen LogP contribution in [0.5, 0.6) is 0 Å².